The van der Waals surface area contributed by atoms with Crippen LogP contribution in [0.3, 0.4) is 0 Å². The number of benzene rings is 2. The molecule has 0 saturated carbocycles. The van der Waals surface area contributed by atoms with E-state index in [1.165, 1.54) is 11.9 Å². The molecule has 5 N–H and O–H groups in total. The molecule has 1 saturated heterocycles. The Morgan fingerprint density at radius 2 is 1.90 bits per heavy atom. The van der Waals surface area contributed by atoms with Crippen molar-refractivity contribution in [2.75, 3.05) is 27.2 Å². The topological polar surface area (TPSA) is 133 Å². The van der Waals surface area contributed by atoms with Crippen LogP contribution in [-0.4, -0.2) is 60.8 Å². The largest absolute Gasteiger partial charge is 0.481 e. The number of nitrogens with one attached hydrogen (secondary N) is 3. The summed E-state index contributed by atoms with van der Waals surface area (Å²) in [5.74, 6) is 1.24. The summed E-state index contributed by atoms with van der Waals surface area (Å²) in [5.41, 5.74) is 9.31. The molecule has 0 radical (unpaired) electrons. The van der Waals surface area contributed by atoms with E-state index in [0.717, 1.165) is 47.3 Å². The Kier molecular flexibility index (Phi) is 11.4. The van der Waals surface area contributed by atoms with Crippen LogP contribution in [0.25, 0.3) is 11.1 Å². The summed E-state index contributed by atoms with van der Waals surface area (Å²) in [6.07, 6.45) is 6.57. The summed E-state index contributed by atoms with van der Waals surface area (Å²) in [6, 6.07) is 19.0. The molecule has 1 atom stereocenters. The number of aromatic nitrogens is 1. The molecular formula is C32H40N6O3S. The van der Waals surface area contributed by atoms with E-state index in [-0.39, 0.29) is 17.6 Å². The molecule has 222 valence electrons. The van der Waals surface area contributed by atoms with E-state index < -0.39 is 6.04 Å². The SMILES string of the molecule is CNC(=O)CCCC1CCN(C(=O)[C@H](Cc2cccc(C(=N)N)c2)NSc2cccc(-c3ccc(OC)nc3)c2)CC1. The molecule has 0 aliphatic carbocycles. The first-order valence-electron chi connectivity index (χ1n) is 14.3. The monoisotopic (exact) mass is 588 g/mol. The fourth-order valence-electron chi connectivity index (χ4n) is 5.17. The number of hydrogen-bond acceptors (Lipinski definition) is 7. The summed E-state index contributed by atoms with van der Waals surface area (Å²) >= 11 is 1.44. The molecule has 4 rings (SSSR count). The number of carbonyl (C=O) groups is 2. The zero-order valence-corrected chi connectivity index (χ0v) is 25.1. The minimum absolute atomic E-state index is 0.00499. The van der Waals surface area contributed by atoms with Crippen LogP contribution in [0.1, 0.15) is 43.2 Å². The number of piperidine rings is 1. The molecular weight excluding hydrogens is 548 g/mol. The second kappa shape index (κ2) is 15.4. The maximum atomic E-state index is 13.9. The number of rotatable bonds is 13. The standard InChI is InChI=1S/C32H40N6O3S/c1-35-29(39)11-4-6-22-14-16-38(17-15-22)32(40)28(19-23-7-3-9-25(18-23)31(33)34)37-42-27-10-5-8-24(20-27)26-12-13-30(41-2)36-21-26/h3,5,7-10,12-13,18,20-22,28,37H,4,6,11,14-17,19H2,1-2H3,(H3,33,34)(H,35,39)/t28-/m0/s1. The Bertz CT molecular complexity index is 1360. The molecule has 3 aromatic rings. The van der Waals surface area contributed by atoms with Gasteiger partial charge in [-0.2, -0.15) is 0 Å². The molecule has 0 spiro atoms. The molecule has 1 fully saturated rings. The van der Waals surface area contributed by atoms with Crippen molar-refractivity contribution in [2.45, 2.75) is 49.5 Å². The smallest absolute Gasteiger partial charge is 0.240 e. The normalized spacial score (nSPS) is 14.3. The third-order valence-electron chi connectivity index (χ3n) is 7.63. The lowest BCUT2D eigenvalue weighted by molar-refractivity contribution is -0.134. The molecule has 0 bridgehead atoms. The van der Waals surface area contributed by atoms with Crippen LogP contribution < -0.4 is 20.5 Å². The van der Waals surface area contributed by atoms with Crippen LogP contribution in [-0.2, 0) is 16.0 Å². The molecule has 1 aliphatic heterocycles. The van der Waals surface area contributed by atoms with Gasteiger partial charge >= 0.3 is 0 Å². The van der Waals surface area contributed by atoms with Crippen molar-refractivity contribution in [1.82, 2.24) is 19.9 Å². The molecule has 2 heterocycles. The predicted molar refractivity (Wildman–Crippen MR) is 167 cm³/mol. The summed E-state index contributed by atoms with van der Waals surface area (Å²) in [4.78, 5) is 32.7. The van der Waals surface area contributed by atoms with E-state index in [1.54, 1.807) is 26.4 Å². The van der Waals surface area contributed by atoms with E-state index in [4.69, 9.17) is 15.9 Å². The van der Waals surface area contributed by atoms with Gasteiger partial charge in [-0.3, -0.25) is 15.0 Å². The van der Waals surface area contributed by atoms with Crippen molar-refractivity contribution >= 4 is 29.6 Å². The maximum Gasteiger partial charge on any atom is 0.240 e. The van der Waals surface area contributed by atoms with Gasteiger partial charge in [0.1, 0.15) is 11.9 Å². The first kappa shape index (κ1) is 31.1. The fourth-order valence-corrected chi connectivity index (χ4v) is 5.96. The number of nitrogens with two attached hydrogens (primary N) is 1. The van der Waals surface area contributed by atoms with Crippen LogP contribution in [0.4, 0.5) is 0 Å². The number of nitrogens with zero attached hydrogens (tertiary/aromatic N) is 2. The Morgan fingerprint density at radius 3 is 2.60 bits per heavy atom. The average molecular weight is 589 g/mol. The second-order valence-electron chi connectivity index (χ2n) is 10.5. The van der Waals surface area contributed by atoms with Gasteiger partial charge in [0.05, 0.1) is 7.11 Å². The maximum absolute atomic E-state index is 13.9. The lowest BCUT2D eigenvalue weighted by Crippen LogP contribution is -2.48. The zero-order chi connectivity index (χ0) is 29.9. The molecule has 42 heavy (non-hydrogen) atoms. The summed E-state index contributed by atoms with van der Waals surface area (Å²) in [7, 11) is 3.26. The quantitative estimate of drug-likeness (QED) is 0.132. The van der Waals surface area contributed by atoms with E-state index in [2.05, 4.69) is 21.1 Å². The van der Waals surface area contributed by atoms with Gasteiger partial charge in [-0.05, 0) is 85.4 Å². The first-order valence-corrected chi connectivity index (χ1v) is 15.1. The predicted octanol–water partition coefficient (Wildman–Crippen LogP) is 4.40. The van der Waals surface area contributed by atoms with Crippen LogP contribution in [0, 0.1) is 11.3 Å². The minimum Gasteiger partial charge on any atom is -0.481 e. The summed E-state index contributed by atoms with van der Waals surface area (Å²) < 4.78 is 8.63. The van der Waals surface area contributed by atoms with Gasteiger partial charge in [0.25, 0.3) is 0 Å². The number of amidine groups is 1. The van der Waals surface area contributed by atoms with Crippen molar-refractivity contribution in [3.63, 3.8) is 0 Å². The summed E-state index contributed by atoms with van der Waals surface area (Å²) in [5, 5.41) is 10.5. The Morgan fingerprint density at radius 1 is 1.12 bits per heavy atom. The highest BCUT2D eigenvalue weighted by Crippen LogP contribution is 2.27. The third kappa shape index (κ3) is 8.80. The van der Waals surface area contributed by atoms with Gasteiger partial charge in [-0.25, -0.2) is 9.71 Å². The van der Waals surface area contributed by atoms with E-state index in [9.17, 15) is 9.59 Å². The number of hydrogen-bond donors (Lipinski definition) is 4. The molecule has 1 aliphatic rings. The summed E-state index contributed by atoms with van der Waals surface area (Å²) in [6.45, 7) is 1.42. The fraction of sp³-hybridized carbons (Fsp3) is 0.375. The van der Waals surface area contributed by atoms with E-state index in [0.29, 0.717) is 43.3 Å². The number of pyridine rings is 1. The highest BCUT2D eigenvalue weighted by Gasteiger charge is 2.29. The molecule has 10 heteroatoms. The number of nitrogen functional groups attached to an aromatic ring is 1. The lowest BCUT2D eigenvalue weighted by atomic mass is 9.91. The molecule has 2 aromatic carbocycles. The lowest BCUT2D eigenvalue weighted by Gasteiger charge is -2.34. The van der Waals surface area contributed by atoms with Gasteiger partial charge in [-0.1, -0.05) is 30.3 Å². The highest BCUT2D eigenvalue weighted by molar-refractivity contribution is 7.97. The number of amides is 2. The zero-order valence-electron chi connectivity index (χ0n) is 24.3. The average Bonchev–Trinajstić information content (AvgIpc) is 3.03. The van der Waals surface area contributed by atoms with Crippen LogP contribution in [0.2, 0.25) is 0 Å². The van der Waals surface area contributed by atoms with Gasteiger partial charge in [0.2, 0.25) is 17.7 Å². The Balaban J connectivity index is 1.44. The van der Waals surface area contributed by atoms with Crippen molar-refractivity contribution in [3.05, 3.63) is 78.0 Å². The number of methoxy groups -OCH3 is 1. The highest BCUT2D eigenvalue weighted by atomic mass is 32.2. The first-order chi connectivity index (χ1) is 20.4. The Hall–Kier alpha value is -3.89. The molecule has 1 aromatic heterocycles. The van der Waals surface area contributed by atoms with Gasteiger partial charge in [-0.15, -0.1) is 0 Å². The van der Waals surface area contributed by atoms with Crippen LogP contribution in [0.15, 0.2) is 71.8 Å². The minimum atomic E-state index is -0.465. The van der Waals surface area contributed by atoms with Crippen molar-refractivity contribution in [1.29, 1.82) is 5.41 Å². The van der Waals surface area contributed by atoms with E-state index in [1.807, 2.05) is 53.4 Å². The third-order valence-corrected chi connectivity index (χ3v) is 8.52. The second-order valence-corrected chi connectivity index (χ2v) is 11.5. The van der Waals surface area contributed by atoms with Crippen molar-refractivity contribution < 1.29 is 14.3 Å². The van der Waals surface area contributed by atoms with Crippen LogP contribution >= 0.6 is 11.9 Å². The number of ether oxygens (including phenoxy) is 1. The van der Waals surface area contributed by atoms with Crippen molar-refractivity contribution in [3.8, 4) is 17.0 Å². The molecule has 0 unspecified atom stereocenters. The van der Waals surface area contributed by atoms with E-state index >= 15 is 0 Å². The van der Waals surface area contributed by atoms with Gasteiger partial charge in [0.15, 0.2) is 0 Å². The molecule has 2 amide bonds. The van der Waals surface area contributed by atoms with Crippen LogP contribution in [0.5, 0.6) is 5.88 Å². The van der Waals surface area contributed by atoms with Crippen molar-refractivity contribution in [2.24, 2.45) is 11.7 Å². The Labute approximate surface area is 252 Å². The molecule has 9 nitrogen and oxygen atoms in total. The van der Waals surface area contributed by atoms with Gasteiger partial charge < -0.3 is 20.7 Å². The number of carbonyl (C=O) groups excluding carboxylic acids is 2. The van der Waals surface area contributed by atoms with Gasteiger partial charge in [0, 0.05) is 54.8 Å². The number of likely N-dealkylation sites (tertiary alicyclic amines) is 1.